The summed E-state index contributed by atoms with van der Waals surface area (Å²) in [7, 11) is 0. The Morgan fingerprint density at radius 2 is 1.86 bits per heavy atom. The molecule has 2 aliphatic heterocycles. The van der Waals surface area contributed by atoms with Crippen LogP contribution >= 0.6 is 0 Å². The molecule has 0 spiro atoms. The summed E-state index contributed by atoms with van der Waals surface area (Å²) in [6.07, 6.45) is 4.81. The molecule has 4 aromatic rings. The van der Waals surface area contributed by atoms with Crippen molar-refractivity contribution in [2.75, 3.05) is 19.7 Å². The molecule has 6 rings (SSSR count). The second-order valence-corrected chi connectivity index (χ2v) is 11.7. The van der Waals surface area contributed by atoms with Gasteiger partial charge in [-0.3, -0.25) is 14.7 Å². The highest BCUT2D eigenvalue weighted by molar-refractivity contribution is 5.93. The fourth-order valence-corrected chi connectivity index (χ4v) is 5.93. The molecule has 3 aromatic heterocycles. The largest absolute Gasteiger partial charge is 0.478 e. The summed E-state index contributed by atoms with van der Waals surface area (Å²) < 4.78 is 13.9. The predicted octanol–water partition coefficient (Wildman–Crippen LogP) is 5.11. The van der Waals surface area contributed by atoms with Gasteiger partial charge in [-0.05, 0) is 75.7 Å². The van der Waals surface area contributed by atoms with Crippen LogP contribution in [0.15, 0.2) is 54.7 Å². The summed E-state index contributed by atoms with van der Waals surface area (Å²) in [5.41, 5.74) is 4.31. The lowest BCUT2D eigenvalue weighted by Gasteiger charge is -2.33. The Labute approximate surface area is 250 Å². The third-order valence-electron chi connectivity index (χ3n) is 8.63. The maximum Gasteiger partial charge on any atom is 0.335 e. The van der Waals surface area contributed by atoms with Crippen molar-refractivity contribution in [3.63, 3.8) is 0 Å². The number of aromatic carboxylic acids is 1. The number of pyridine rings is 2. The summed E-state index contributed by atoms with van der Waals surface area (Å²) in [5.74, 6) is 1.22. The molecule has 0 radical (unpaired) electrons. The standard InChI is InChI=1S/C33H37N5O5/c1-21(30-12-15-42-30)18-38-29-16-24(33(40)41)7-9-28(29)35-31(38)19-37-13-10-23(11-14-37)27-4-3-5-32(36-27)43-20-26-8-6-25(17-34-26)22(2)39/h3-9,16-17,21,23,30H,10-15,18-20H2,1-2H3,(H,40,41)/t21-,30-/m0/s1. The van der Waals surface area contributed by atoms with E-state index in [0.29, 0.717) is 29.8 Å². The fraction of sp³-hybridized carbons (Fsp3) is 0.424. The zero-order valence-corrected chi connectivity index (χ0v) is 24.6. The number of rotatable bonds is 11. The van der Waals surface area contributed by atoms with Crippen LogP contribution in [-0.4, -0.2) is 67.1 Å². The highest BCUT2D eigenvalue weighted by Gasteiger charge is 2.28. The first-order chi connectivity index (χ1) is 20.8. The first-order valence-electron chi connectivity index (χ1n) is 15.0. The minimum absolute atomic E-state index is 0.0120. The van der Waals surface area contributed by atoms with E-state index in [9.17, 15) is 14.7 Å². The molecule has 2 aliphatic rings. The SMILES string of the molecule is CC(=O)c1ccc(COc2cccc(C3CCN(Cc4nc5ccc(C(=O)O)cc5n4C[C@H](C)[C@@H]4CCO4)CC3)n2)nc1. The molecule has 10 heteroatoms. The Hall–Kier alpha value is -4.15. The number of carboxylic acids is 1. The van der Waals surface area contributed by atoms with Crippen LogP contribution in [-0.2, 0) is 24.4 Å². The zero-order valence-electron chi connectivity index (χ0n) is 24.6. The Morgan fingerprint density at radius 3 is 2.53 bits per heavy atom. The summed E-state index contributed by atoms with van der Waals surface area (Å²) >= 11 is 0. The Balaban J connectivity index is 1.10. The van der Waals surface area contributed by atoms with Gasteiger partial charge in [0.2, 0.25) is 5.88 Å². The van der Waals surface area contributed by atoms with Crippen LogP contribution in [0.3, 0.4) is 0 Å². The van der Waals surface area contributed by atoms with E-state index < -0.39 is 5.97 Å². The van der Waals surface area contributed by atoms with Crippen molar-refractivity contribution in [3.05, 3.63) is 83.1 Å². The highest BCUT2D eigenvalue weighted by Crippen LogP contribution is 2.30. The molecule has 1 N–H and O–H groups in total. The predicted molar refractivity (Wildman–Crippen MR) is 160 cm³/mol. The van der Waals surface area contributed by atoms with Crippen LogP contribution < -0.4 is 4.74 Å². The fourth-order valence-electron chi connectivity index (χ4n) is 5.93. The van der Waals surface area contributed by atoms with E-state index in [1.807, 2.05) is 18.2 Å². The van der Waals surface area contributed by atoms with Crippen molar-refractivity contribution in [2.45, 2.75) is 64.8 Å². The third kappa shape index (κ3) is 6.60. The molecule has 5 heterocycles. The van der Waals surface area contributed by atoms with Crippen LogP contribution in [0.2, 0.25) is 0 Å². The summed E-state index contributed by atoms with van der Waals surface area (Å²) in [6, 6.07) is 14.7. The first-order valence-corrected chi connectivity index (χ1v) is 15.0. The molecular weight excluding hydrogens is 546 g/mol. The monoisotopic (exact) mass is 583 g/mol. The molecule has 224 valence electrons. The summed E-state index contributed by atoms with van der Waals surface area (Å²) in [5, 5.41) is 9.58. The number of carbonyl (C=O) groups excluding carboxylic acids is 1. The smallest absolute Gasteiger partial charge is 0.335 e. The maximum absolute atomic E-state index is 11.7. The lowest BCUT2D eigenvalue weighted by Crippen LogP contribution is -2.36. The van der Waals surface area contributed by atoms with Gasteiger partial charge < -0.3 is 19.1 Å². The van der Waals surface area contributed by atoms with E-state index in [2.05, 4.69) is 27.4 Å². The molecule has 2 atom stereocenters. The number of Topliss-reactive ketones (excluding diaryl/α,β-unsaturated/α-hetero) is 1. The summed E-state index contributed by atoms with van der Waals surface area (Å²) in [6.45, 7) is 8.07. The molecule has 2 fully saturated rings. The van der Waals surface area contributed by atoms with E-state index in [1.165, 1.54) is 6.92 Å². The number of ether oxygens (including phenoxy) is 2. The van der Waals surface area contributed by atoms with Gasteiger partial charge in [0.15, 0.2) is 5.78 Å². The van der Waals surface area contributed by atoms with Crippen LogP contribution in [0.5, 0.6) is 5.88 Å². The van der Waals surface area contributed by atoms with Gasteiger partial charge in [0, 0.05) is 48.5 Å². The molecule has 0 unspecified atom stereocenters. The van der Waals surface area contributed by atoms with Crippen molar-refractivity contribution in [1.29, 1.82) is 0 Å². The highest BCUT2D eigenvalue weighted by atomic mass is 16.5. The second kappa shape index (κ2) is 12.6. The van der Waals surface area contributed by atoms with Crippen LogP contribution in [0, 0.1) is 5.92 Å². The number of ketones is 1. The number of fused-ring (bicyclic) bond motifs is 1. The number of imidazole rings is 1. The van der Waals surface area contributed by atoms with Crippen molar-refractivity contribution < 1.29 is 24.2 Å². The second-order valence-electron chi connectivity index (χ2n) is 11.7. The Kier molecular flexibility index (Phi) is 8.49. The number of nitrogens with zero attached hydrogens (tertiary/aromatic N) is 5. The van der Waals surface area contributed by atoms with Gasteiger partial charge >= 0.3 is 5.97 Å². The average Bonchev–Trinajstić information content (AvgIpc) is 3.31. The lowest BCUT2D eigenvalue weighted by atomic mass is 9.93. The molecule has 2 saturated heterocycles. The normalized spacial score (nSPS) is 18.3. The number of hydrogen-bond acceptors (Lipinski definition) is 8. The van der Waals surface area contributed by atoms with Crippen molar-refractivity contribution in [2.24, 2.45) is 5.92 Å². The quantitative estimate of drug-likeness (QED) is 0.240. The minimum atomic E-state index is -0.934. The van der Waals surface area contributed by atoms with Gasteiger partial charge in [0.1, 0.15) is 12.4 Å². The van der Waals surface area contributed by atoms with E-state index in [0.717, 1.165) is 73.7 Å². The number of likely N-dealkylation sites (tertiary alicyclic amines) is 1. The van der Waals surface area contributed by atoms with Gasteiger partial charge in [-0.25, -0.2) is 14.8 Å². The van der Waals surface area contributed by atoms with Gasteiger partial charge in [0.25, 0.3) is 0 Å². The van der Waals surface area contributed by atoms with Crippen molar-refractivity contribution in [3.8, 4) is 5.88 Å². The number of carbonyl (C=O) groups is 2. The molecule has 0 aliphatic carbocycles. The number of piperidine rings is 1. The minimum Gasteiger partial charge on any atom is -0.478 e. The molecule has 0 amide bonds. The zero-order chi connectivity index (χ0) is 29.9. The van der Waals surface area contributed by atoms with Gasteiger partial charge in [-0.1, -0.05) is 13.0 Å². The number of carboxylic acid groups (broad SMARTS) is 1. The third-order valence-corrected chi connectivity index (χ3v) is 8.63. The maximum atomic E-state index is 11.7. The van der Waals surface area contributed by atoms with Crippen LogP contribution in [0.4, 0.5) is 0 Å². The molecular formula is C33H37N5O5. The van der Waals surface area contributed by atoms with Crippen LogP contribution in [0.1, 0.15) is 77.0 Å². The van der Waals surface area contributed by atoms with Gasteiger partial charge in [-0.2, -0.15) is 0 Å². The first kappa shape index (κ1) is 28.9. The Morgan fingerprint density at radius 1 is 1.07 bits per heavy atom. The van der Waals surface area contributed by atoms with Gasteiger partial charge in [-0.15, -0.1) is 0 Å². The average molecular weight is 584 g/mol. The van der Waals surface area contributed by atoms with Crippen molar-refractivity contribution >= 4 is 22.8 Å². The molecule has 10 nitrogen and oxygen atoms in total. The van der Waals surface area contributed by atoms with E-state index in [1.54, 1.807) is 30.5 Å². The molecule has 0 bridgehead atoms. The topological polar surface area (TPSA) is 120 Å². The molecule has 1 aromatic carbocycles. The Bertz CT molecular complexity index is 1610. The van der Waals surface area contributed by atoms with Crippen molar-refractivity contribution in [1.82, 2.24) is 24.4 Å². The van der Waals surface area contributed by atoms with E-state index in [4.69, 9.17) is 19.4 Å². The van der Waals surface area contributed by atoms with E-state index >= 15 is 0 Å². The van der Waals surface area contributed by atoms with E-state index in [-0.39, 0.29) is 24.1 Å². The molecule has 0 saturated carbocycles. The number of benzene rings is 1. The number of hydrogen-bond donors (Lipinski definition) is 1. The number of aromatic nitrogens is 4. The van der Waals surface area contributed by atoms with Gasteiger partial charge in [0.05, 0.1) is 34.9 Å². The molecule has 43 heavy (non-hydrogen) atoms. The van der Waals surface area contributed by atoms with Crippen LogP contribution in [0.25, 0.3) is 11.0 Å². The lowest BCUT2D eigenvalue weighted by molar-refractivity contribution is -0.0837. The summed E-state index contributed by atoms with van der Waals surface area (Å²) in [4.78, 5) is 39.6.